The van der Waals surface area contributed by atoms with Gasteiger partial charge in [0.05, 0.1) is 0 Å². The molecule has 4 heterocycles. The molecular formula is C26H38N4O2S. The number of thiazole rings is 1. The van der Waals surface area contributed by atoms with Crippen LogP contribution in [0.2, 0.25) is 0 Å². The summed E-state index contributed by atoms with van der Waals surface area (Å²) in [6.07, 6.45) is 15.6. The van der Waals surface area contributed by atoms with Crippen molar-refractivity contribution in [2.24, 2.45) is 17.8 Å². The summed E-state index contributed by atoms with van der Waals surface area (Å²) in [6, 6.07) is 0.675. The highest BCUT2D eigenvalue weighted by molar-refractivity contribution is 7.13. The molecule has 0 radical (unpaired) electrons. The van der Waals surface area contributed by atoms with Gasteiger partial charge < -0.3 is 14.7 Å². The summed E-state index contributed by atoms with van der Waals surface area (Å²) in [5.74, 6) is 2.74. The molecule has 6 nitrogen and oxygen atoms in total. The van der Waals surface area contributed by atoms with E-state index in [0.29, 0.717) is 22.9 Å². The Kier molecular flexibility index (Phi) is 6.10. The lowest BCUT2D eigenvalue weighted by Crippen LogP contribution is -2.49. The van der Waals surface area contributed by atoms with E-state index in [9.17, 15) is 9.59 Å². The zero-order chi connectivity index (χ0) is 22.4. The normalized spacial score (nSPS) is 34.3. The summed E-state index contributed by atoms with van der Waals surface area (Å²) < 4.78 is 0. The van der Waals surface area contributed by atoms with Crippen molar-refractivity contribution >= 4 is 23.3 Å². The lowest BCUT2D eigenvalue weighted by atomic mass is 9.75. The molecule has 5 aliphatic rings. The van der Waals surface area contributed by atoms with Crippen molar-refractivity contribution < 1.29 is 9.59 Å². The van der Waals surface area contributed by atoms with Gasteiger partial charge >= 0.3 is 6.03 Å². The van der Waals surface area contributed by atoms with Gasteiger partial charge in [-0.3, -0.25) is 4.79 Å². The van der Waals surface area contributed by atoms with E-state index in [0.717, 1.165) is 63.8 Å². The average Bonchev–Trinajstić information content (AvgIpc) is 3.62. The maximum Gasteiger partial charge on any atom is 0.320 e. The van der Waals surface area contributed by atoms with E-state index in [2.05, 4.69) is 19.7 Å². The smallest absolute Gasteiger partial charge is 0.320 e. The number of piperidine rings is 1. The Morgan fingerprint density at radius 1 is 0.788 bits per heavy atom. The summed E-state index contributed by atoms with van der Waals surface area (Å²) in [6.45, 7) is 4.38. The van der Waals surface area contributed by atoms with Crippen LogP contribution in [0.25, 0.3) is 0 Å². The van der Waals surface area contributed by atoms with Gasteiger partial charge in [-0.2, -0.15) is 0 Å². The van der Waals surface area contributed by atoms with Gasteiger partial charge in [-0.05, 0) is 56.3 Å². The summed E-state index contributed by atoms with van der Waals surface area (Å²) in [5.41, 5.74) is 0. The van der Waals surface area contributed by atoms with E-state index in [1.54, 1.807) is 11.3 Å². The number of fused-ring (bicyclic) bond motifs is 2. The summed E-state index contributed by atoms with van der Waals surface area (Å²) in [5, 5.41) is 0.653. The first-order valence-corrected chi connectivity index (χ1v) is 14.3. The summed E-state index contributed by atoms with van der Waals surface area (Å²) in [7, 11) is 0. The molecule has 6 rings (SSSR count). The quantitative estimate of drug-likeness (QED) is 0.613. The van der Waals surface area contributed by atoms with Gasteiger partial charge in [0.1, 0.15) is 0 Å². The van der Waals surface area contributed by atoms with E-state index >= 15 is 0 Å². The molecular weight excluding hydrogens is 432 g/mol. The van der Waals surface area contributed by atoms with Crippen LogP contribution in [0.1, 0.15) is 91.2 Å². The van der Waals surface area contributed by atoms with E-state index in [-0.39, 0.29) is 11.9 Å². The molecule has 2 saturated carbocycles. The third kappa shape index (κ3) is 4.19. The second-order valence-corrected chi connectivity index (χ2v) is 12.3. The van der Waals surface area contributed by atoms with Crippen molar-refractivity contribution in [3.05, 3.63) is 16.1 Å². The largest absolute Gasteiger partial charge is 0.333 e. The van der Waals surface area contributed by atoms with E-state index < -0.39 is 0 Å². The molecule has 1 aromatic rings. The number of rotatable bonds is 2. The standard InChI is InChI=1S/C26H38N4O2S/c31-25(30-14-11-19-6-3-4-8-22(19)30)24-27-15-23(33-24)21-10-13-29(17-21)26(32)28-12-9-18-5-1-2-7-20(18)16-28/h15,18-22H,1-14,16-17H2. The minimum atomic E-state index is 0.141. The molecule has 180 valence electrons. The second-order valence-electron chi connectivity index (χ2n) is 11.2. The second kappa shape index (κ2) is 9.20. The number of hydrogen-bond donors (Lipinski definition) is 0. The Hall–Kier alpha value is -1.63. The summed E-state index contributed by atoms with van der Waals surface area (Å²) in [4.78, 5) is 38.5. The number of carbonyl (C=O) groups excluding carboxylic acids is 2. The van der Waals surface area contributed by atoms with Crippen molar-refractivity contribution in [3.8, 4) is 0 Å². The molecule has 7 heteroatoms. The Labute approximate surface area is 201 Å². The zero-order valence-corrected chi connectivity index (χ0v) is 20.6. The maximum atomic E-state index is 13.3. The minimum absolute atomic E-state index is 0.141. The fourth-order valence-corrected chi connectivity index (χ4v) is 8.49. The van der Waals surface area contributed by atoms with Gasteiger partial charge in [-0.25, -0.2) is 9.78 Å². The van der Waals surface area contributed by atoms with E-state index in [1.807, 2.05) is 6.20 Å². The van der Waals surface area contributed by atoms with Crippen LogP contribution in [0.15, 0.2) is 6.20 Å². The molecule has 5 unspecified atom stereocenters. The Bertz CT molecular complexity index is 887. The van der Waals surface area contributed by atoms with Gasteiger partial charge in [0.25, 0.3) is 5.91 Å². The number of urea groups is 1. The van der Waals surface area contributed by atoms with E-state index in [4.69, 9.17) is 0 Å². The van der Waals surface area contributed by atoms with Gasteiger partial charge in [-0.15, -0.1) is 11.3 Å². The Morgan fingerprint density at radius 2 is 1.48 bits per heavy atom. The molecule has 5 atom stereocenters. The van der Waals surface area contributed by atoms with Crippen LogP contribution in [-0.2, 0) is 0 Å². The first-order valence-electron chi connectivity index (χ1n) is 13.5. The van der Waals surface area contributed by atoms with Crippen molar-refractivity contribution in [3.63, 3.8) is 0 Å². The van der Waals surface area contributed by atoms with Crippen LogP contribution < -0.4 is 0 Å². The zero-order valence-electron chi connectivity index (χ0n) is 19.8. The fraction of sp³-hybridized carbons (Fsp3) is 0.808. The van der Waals surface area contributed by atoms with Crippen LogP contribution in [-0.4, -0.2) is 70.4 Å². The van der Waals surface area contributed by atoms with Crippen molar-refractivity contribution in [1.82, 2.24) is 19.7 Å². The number of aromatic nitrogens is 1. The Balaban J connectivity index is 1.06. The van der Waals surface area contributed by atoms with Crippen molar-refractivity contribution in [2.45, 2.75) is 82.6 Å². The lowest BCUT2D eigenvalue weighted by Gasteiger charge is -2.42. The first kappa shape index (κ1) is 21.9. The molecule has 0 spiro atoms. The fourth-order valence-electron chi connectivity index (χ4n) is 7.50. The summed E-state index contributed by atoms with van der Waals surface area (Å²) >= 11 is 1.57. The molecule has 1 aromatic heterocycles. The van der Waals surface area contributed by atoms with Gasteiger partial charge in [-0.1, -0.05) is 32.1 Å². The third-order valence-corrected chi connectivity index (χ3v) is 10.5. The molecule has 3 amide bonds. The highest BCUT2D eigenvalue weighted by atomic mass is 32.1. The van der Waals surface area contributed by atoms with Crippen molar-refractivity contribution in [1.29, 1.82) is 0 Å². The van der Waals surface area contributed by atoms with Gasteiger partial charge in [0.15, 0.2) is 5.01 Å². The number of hydrogen-bond acceptors (Lipinski definition) is 4. The number of carbonyl (C=O) groups is 2. The van der Waals surface area contributed by atoms with Crippen LogP contribution in [0.4, 0.5) is 4.79 Å². The lowest BCUT2D eigenvalue weighted by molar-refractivity contribution is 0.0689. The van der Waals surface area contributed by atoms with Gasteiger partial charge in [0.2, 0.25) is 0 Å². The SMILES string of the molecule is O=C(N1CCC(c2cnc(C(=O)N3CCC4CCCCC43)s2)C1)N1CCC2CCCCC2C1. The molecule has 0 N–H and O–H groups in total. The Morgan fingerprint density at radius 3 is 2.36 bits per heavy atom. The molecule has 33 heavy (non-hydrogen) atoms. The topological polar surface area (TPSA) is 56.8 Å². The third-order valence-electron chi connectivity index (χ3n) is 9.40. The average molecular weight is 471 g/mol. The number of amides is 3. The number of nitrogens with zero attached hydrogens (tertiary/aromatic N) is 4. The molecule has 0 aromatic carbocycles. The maximum absolute atomic E-state index is 13.3. The molecule has 3 saturated heterocycles. The van der Waals surface area contributed by atoms with Gasteiger partial charge in [0, 0.05) is 55.8 Å². The van der Waals surface area contributed by atoms with Crippen LogP contribution in [0.3, 0.4) is 0 Å². The highest BCUT2D eigenvalue weighted by Gasteiger charge is 2.40. The number of likely N-dealkylation sites (tertiary alicyclic amines) is 3. The monoisotopic (exact) mass is 470 g/mol. The molecule has 5 fully saturated rings. The predicted molar refractivity (Wildman–Crippen MR) is 129 cm³/mol. The van der Waals surface area contributed by atoms with Crippen LogP contribution >= 0.6 is 11.3 Å². The predicted octanol–water partition coefficient (Wildman–Crippen LogP) is 4.97. The molecule has 3 aliphatic heterocycles. The molecule has 0 bridgehead atoms. The van der Waals surface area contributed by atoms with E-state index in [1.165, 1.54) is 56.2 Å². The van der Waals surface area contributed by atoms with Crippen LogP contribution in [0, 0.1) is 17.8 Å². The van der Waals surface area contributed by atoms with Crippen molar-refractivity contribution in [2.75, 3.05) is 32.7 Å². The van der Waals surface area contributed by atoms with Crippen LogP contribution in [0.5, 0.6) is 0 Å². The molecule has 2 aliphatic carbocycles. The highest BCUT2D eigenvalue weighted by Crippen LogP contribution is 2.39. The minimum Gasteiger partial charge on any atom is -0.333 e. The first-order chi connectivity index (χ1) is 16.2.